The second-order valence-electron chi connectivity index (χ2n) is 6.81. The molecule has 0 aromatic heterocycles. The maximum atomic E-state index is 12.8. The van der Waals surface area contributed by atoms with Crippen molar-refractivity contribution in [2.24, 2.45) is 0 Å². The molecule has 1 amide bonds. The van der Waals surface area contributed by atoms with Gasteiger partial charge in [0, 0.05) is 23.4 Å². The highest BCUT2D eigenvalue weighted by Crippen LogP contribution is 2.31. The number of amides is 1. The highest BCUT2D eigenvalue weighted by molar-refractivity contribution is 7.92. The predicted octanol–water partition coefficient (Wildman–Crippen LogP) is 3.59. The van der Waals surface area contributed by atoms with Gasteiger partial charge < -0.3 is 14.8 Å². The molecule has 0 atom stereocenters. The second kappa shape index (κ2) is 10.0. The number of anilines is 2. The van der Waals surface area contributed by atoms with Gasteiger partial charge in [-0.25, -0.2) is 8.42 Å². The van der Waals surface area contributed by atoms with Gasteiger partial charge >= 0.3 is 0 Å². The number of nitro benzene ring substituents is 1. The number of nitrogens with zero attached hydrogens (tertiary/aromatic N) is 1. The lowest BCUT2D eigenvalue weighted by Gasteiger charge is -2.13. The van der Waals surface area contributed by atoms with E-state index in [9.17, 15) is 23.3 Å². The quantitative estimate of drug-likeness (QED) is 0.359. The maximum Gasteiger partial charge on any atom is 0.273 e. The van der Waals surface area contributed by atoms with Crippen LogP contribution < -0.4 is 19.5 Å². The van der Waals surface area contributed by atoms with Gasteiger partial charge in [0.15, 0.2) is 0 Å². The van der Waals surface area contributed by atoms with Gasteiger partial charge in [-0.1, -0.05) is 18.2 Å². The van der Waals surface area contributed by atoms with Gasteiger partial charge in [0.1, 0.15) is 11.5 Å². The van der Waals surface area contributed by atoms with Crippen LogP contribution in [0.1, 0.15) is 5.56 Å². The Labute approximate surface area is 190 Å². The Kier molecular flexibility index (Phi) is 7.13. The van der Waals surface area contributed by atoms with Gasteiger partial charge in [0.05, 0.1) is 36.1 Å². The summed E-state index contributed by atoms with van der Waals surface area (Å²) in [7, 11) is -1.04. The van der Waals surface area contributed by atoms with Gasteiger partial charge in [-0.15, -0.1) is 0 Å². The number of carbonyl (C=O) groups is 1. The number of hydrogen-bond donors (Lipinski definition) is 2. The summed E-state index contributed by atoms with van der Waals surface area (Å²) in [6.07, 6.45) is -0.198. The normalized spacial score (nSPS) is 10.8. The van der Waals surface area contributed by atoms with Crippen LogP contribution in [-0.4, -0.2) is 33.5 Å². The highest BCUT2D eigenvalue weighted by atomic mass is 32.2. The molecule has 11 heteroatoms. The first-order valence-corrected chi connectivity index (χ1v) is 11.1. The first-order chi connectivity index (χ1) is 15.7. The van der Waals surface area contributed by atoms with Crippen LogP contribution in [-0.2, 0) is 21.2 Å². The van der Waals surface area contributed by atoms with Crippen LogP contribution in [0.2, 0.25) is 0 Å². The molecule has 3 rings (SSSR count). The third-order valence-electron chi connectivity index (χ3n) is 4.64. The van der Waals surface area contributed by atoms with E-state index in [1.807, 2.05) is 0 Å². The molecular weight excluding hydrogens is 450 g/mol. The number of ether oxygens (including phenoxy) is 2. The Balaban J connectivity index is 1.71. The van der Waals surface area contributed by atoms with Crippen molar-refractivity contribution in [3.05, 3.63) is 82.4 Å². The van der Waals surface area contributed by atoms with Crippen molar-refractivity contribution in [1.29, 1.82) is 0 Å². The number of hydrogen-bond acceptors (Lipinski definition) is 7. The van der Waals surface area contributed by atoms with Gasteiger partial charge in [0.2, 0.25) is 5.91 Å². The molecule has 0 aliphatic heterocycles. The number of nitrogens with one attached hydrogen (secondary N) is 2. The van der Waals surface area contributed by atoms with Crippen molar-refractivity contribution in [1.82, 2.24) is 0 Å². The molecule has 0 fully saturated rings. The van der Waals surface area contributed by atoms with Crippen LogP contribution in [0.25, 0.3) is 0 Å². The smallest absolute Gasteiger partial charge is 0.273 e. The van der Waals surface area contributed by atoms with Crippen LogP contribution in [0.3, 0.4) is 0 Å². The zero-order chi connectivity index (χ0) is 24.0. The van der Waals surface area contributed by atoms with Crippen molar-refractivity contribution in [3.63, 3.8) is 0 Å². The molecule has 0 aliphatic rings. The van der Waals surface area contributed by atoms with E-state index in [1.165, 1.54) is 62.8 Å². The first-order valence-electron chi connectivity index (χ1n) is 9.60. The number of benzene rings is 3. The minimum atomic E-state index is -3.93. The van der Waals surface area contributed by atoms with Crippen LogP contribution in [0, 0.1) is 10.1 Å². The number of para-hydroxylation sites is 1. The molecule has 0 aliphatic carbocycles. The van der Waals surface area contributed by atoms with E-state index >= 15 is 0 Å². The molecule has 0 saturated carbocycles. The third-order valence-corrected chi connectivity index (χ3v) is 6.02. The minimum Gasteiger partial charge on any atom is -0.497 e. The van der Waals surface area contributed by atoms with Crippen LogP contribution in [0.5, 0.6) is 11.5 Å². The van der Waals surface area contributed by atoms with Gasteiger partial charge in [0.25, 0.3) is 15.7 Å². The molecule has 0 saturated heterocycles. The molecule has 172 valence electrons. The summed E-state index contributed by atoms with van der Waals surface area (Å²) >= 11 is 0. The van der Waals surface area contributed by atoms with Gasteiger partial charge in [-0.05, 0) is 36.4 Å². The topological polar surface area (TPSA) is 137 Å². The molecule has 0 radical (unpaired) electrons. The average molecular weight is 471 g/mol. The molecular formula is C22H21N3O7S. The maximum absolute atomic E-state index is 12.8. The third kappa shape index (κ3) is 5.77. The monoisotopic (exact) mass is 471 g/mol. The molecule has 33 heavy (non-hydrogen) atoms. The first kappa shape index (κ1) is 23.5. The van der Waals surface area contributed by atoms with E-state index in [1.54, 1.807) is 18.2 Å². The summed E-state index contributed by atoms with van der Waals surface area (Å²) in [5.41, 5.74) is 0.714. The average Bonchev–Trinajstić information content (AvgIpc) is 2.79. The minimum absolute atomic E-state index is 0.0305. The van der Waals surface area contributed by atoms with E-state index in [0.717, 1.165) is 0 Å². The standard InChI is InChI=1S/C22H21N3O7S/c1-31-17-9-12-19(21(14-17)32-2)24-33(29,30)18-10-7-16(8-11-18)23-22(26)13-15-5-3-4-6-20(15)25(27)28/h3-12,14,24H,13H2,1-2H3,(H,23,26). The van der Waals surface area contributed by atoms with E-state index in [0.29, 0.717) is 11.4 Å². The predicted molar refractivity (Wildman–Crippen MR) is 122 cm³/mol. The van der Waals surface area contributed by atoms with Crippen molar-refractivity contribution in [2.45, 2.75) is 11.3 Å². The fraction of sp³-hybridized carbons (Fsp3) is 0.136. The Morgan fingerprint density at radius 1 is 1.00 bits per heavy atom. The number of carbonyl (C=O) groups excluding carboxylic acids is 1. The zero-order valence-corrected chi connectivity index (χ0v) is 18.6. The van der Waals surface area contributed by atoms with E-state index in [-0.39, 0.29) is 34.0 Å². The lowest BCUT2D eigenvalue weighted by Crippen LogP contribution is -2.16. The largest absolute Gasteiger partial charge is 0.497 e. The van der Waals surface area contributed by atoms with Crippen molar-refractivity contribution >= 4 is 33.0 Å². The summed E-state index contributed by atoms with van der Waals surface area (Å²) in [6, 6.07) is 16.1. The Morgan fingerprint density at radius 2 is 1.70 bits per heavy atom. The van der Waals surface area contributed by atoms with E-state index in [4.69, 9.17) is 9.47 Å². The van der Waals surface area contributed by atoms with Gasteiger partial charge in [-0.3, -0.25) is 19.6 Å². The molecule has 2 N–H and O–H groups in total. The van der Waals surface area contributed by atoms with Gasteiger partial charge in [-0.2, -0.15) is 0 Å². The van der Waals surface area contributed by atoms with Crippen molar-refractivity contribution in [2.75, 3.05) is 24.3 Å². The summed E-state index contributed by atoms with van der Waals surface area (Å²) in [6.45, 7) is 0. The number of rotatable bonds is 9. The lowest BCUT2D eigenvalue weighted by molar-refractivity contribution is -0.385. The fourth-order valence-corrected chi connectivity index (χ4v) is 4.09. The molecule has 0 unspecified atom stereocenters. The van der Waals surface area contributed by atoms with E-state index < -0.39 is 20.9 Å². The van der Waals surface area contributed by atoms with Crippen molar-refractivity contribution < 1.29 is 27.6 Å². The summed E-state index contributed by atoms with van der Waals surface area (Å²) in [4.78, 5) is 22.8. The fourth-order valence-electron chi connectivity index (χ4n) is 3.02. The summed E-state index contributed by atoms with van der Waals surface area (Å²) in [5.74, 6) is 0.327. The molecule has 0 bridgehead atoms. The lowest BCUT2D eigenvalue weighted by atomic mass is 10.1. The van der Waals surface area contributed by atoms with Crippen molar-refractivity contribution in [3.8, 4) is 11.5 Å². The highest BCUT2D eigenvalue weighted by Gasteiger charge is 2.18. The molecule has 0 heterocycles. The molecule has 3 aromatic rings. The van der Waals surface area contributed by atoms with Crippen LogP contribution >= 0.6 is 0 Å². The Hall–Kier alpha value is -4.12. The zero-order valence-electron chi connectivity index (χ0n) is 17.8. The second-order valence-corrected chi connectivity index (χ2v) is 8.49. The van der Waals surface area contributed by atoms with Crippen LogP contribution in [0.15, 0.2) is 71.6 Å². The number of sulfonamides is 1. The number of nitro groups is 1. The van der Waals surface area contributed by atoms with E-state index in [2.05, 4.69) is 10.0 Å². The summed E-state index contributed by atoms with van der Waals surface area (Å²) < 4.78 is 38.3. The Bertz CT molecular complexity index is 1280. The molecule has 0 spiro atoms. The molecule has 3 aromatic carbocycles. The Morgan fingerprint density at radius 3 is 2.33 bits per heavy atom. The molecule has 10 nitrogen and oxygen atoms in total. The van der Waals surface area contributed by atoms with Crippen LogP contribution in [0.4, 0.5) is 17.1 Å². The SMILES string of the molecule is COc1ccc(NS(=O)(=O)c2ccc(NC(=O)Cc3ccccc3[N+](=O)[O-])cc2)c(OC)c1. The summed E-state index contributed by atoms with van der Waals surface area (Å²) in [5, 5.41) is 13.7. The number of methoxy groups -OCH3 is 2.